The summed E-state index contributed by atoms with van der Waals surface area (Å²) in [6, 6.07) is 0. The van der Waals surface area contributed by atoms with Gasteiger partial charge in [0, 0.05) is 17.2 Å². The number of aromatic nitrogens is 2. The zero-order valence-corrected chi connectivity index (χ0v) is 11.6. The molecular weight excluding hydrogens is 232 g/mol. The van der Waals surface area contributed by atoms with Gasteiger partial charge in [0.05, 0.1) is 0 Å². The van der Waals surface area contributed by atoms with Crippen molar-refractivity contribution >= 4 is 11.6 Å². The topological polar surface area (TPSA) is 25.8 Å². The Hall–Kier alpha value is -0.630. The van der Waals surface area contributed by atoms with Gasteiger partial charge in [0.15, 0.2) is 0 Å². The summed E-state index contributed by atoms with van der Waals surface area (Å²) in [5.74, 6) is 1.42. The molecule has 1 aromatic heterocycles. The van der Waals surface area contributed by atoms with Gasteiger partial charge in [-0.05, 0) is 38.5 Å². The molecule has 0 saturated heterocycles. The van der Waals surface area contributed by atoms with E-state index in [0.29, 0.717) is 11.1 Å². The van der Waals surface area contributed by atoms with Gasteiger partial charge in [-0.2, -0.15) is 0 Å². The van der Waals surface area contributed by atoms with Crippen LogP contribution in [-0.4, -0.2) is 9.97 Å². The number of fused-ring (bicyclic) bond motifs is 1. The normalized spacial score (nSPS) is 15.8. The van der Waals surface area contributed by atoms with Crippen molar-refractivity contribution in [1.82, 2.24) is 9.97 Å². The average Bonchev–Trinajstić information content (AvgIpc) is 2.56. The van der Waals surface area contributed by atoms with Crippen LogP contribution in [0, 0.1) is 0 Å². The fourth-order valence-corrected chi connectivity index (χ4v) is 2.87. The largest absolute Gasteiger partial charge is 0.237 e. The van der Waals surface area contributed by atoms with Crippen LogP contribution < -0.4 is 0 Å². The second-order valence-electron chi connectivity index (χ2n) is 4.87. The predicted molar refractivity (Wildman–Crippen MR) is 71.6 cm³/mol. The van der Waals surface area contributed by atoms with Gasteiger partial charge in [-0.25, -0.2) is 9.97 Å². The van der Waals surface area contributed by atoms with Crippen molar-refractivity contribution in [2.24, 2.45) is 0 Å². The summed E-state index contributed by atoms with van der Waals surface area (Å²) in [5.41, 5.74) is 2.42. The van der Waals surface area contributed by atoms with Gasteiger partial charge in [0.1, 0.15) is 11.0 Å². The maximum Gasteiger partial charge on any atom is 0.136 e. The third-order valence-corrected chi connectivity index (χ3v) is 4.06. The Morgan fingerprint density at radius 3 is 2.47 bits per heavy atom. The lowest BCUT2D eigenvalue weighted by molar-refractivity contribution is 0.595. The van der Waals surface area contributed by atoms with Crippen LogP contribution >= 0.6 is 11.6 Å². The van der Waals surface area contributed by atoms with E-state index in [9.17, 15) is 0 Å². The van der Waals surface area contributed by atoms with E-state index >= 15 is 0 Å². The van der Waals surface area contributed by atoms with Crippen LogP contribution in [0.5, 0.6) is 0 Å². The number of halogens is 1. The van der Waals surface area contributed by atoms with Gasteiger partial charge in [0.25, 0.3) is 0 Å². The molecule has 0 aromatic carbocycles. The first-order chi connectivity index (χ1) is 8.26. The summed E-state index contributed by atoms with van der Waals surface area (Å²) in [5, 5.41) is 0.707. The molecule has 94 valence electrons. The Kier molecular flexibility index (Phi) is 4.38. The molecule has 2 rings (SSSR count). The molecule has 0 aliphatic heterocycles. The fourth-order valence-electron chi connectivity index (χ4n) is 2.58. The molecule has 0 amide bonds. The van der Waals surface area contributed by atoms with E-state index < -0.39 is 0 Å². The predicted octanol–water partition coefficient (Wildman–Crippen LogP) is 4.30. The minimum atomic E-state index is 0.459. The molecule has 0 atom stereocenters. The standard InChI is InChI=1S/C14H21ClN2/c1-3-10(4-2)14-16-12-9-7-5-6-8-11(12)13(15)17-14/h10H,3-9H2,1-2H3. The molecule has 2 nitrogen and oxygen atoms in total. The molecule has 1 aliphatic rings. The van der Waals surface area contributed by atoms with Crippen LogP contribution in [0.3, 0.4) is 0 Å². The molecular formula is C14H21ClN2. The molecule has 1 heterocycles. The SMILES string of the molecule is CCC(CC)c1nc(Cl)c2c(n1)CCCCC2. The molecule has 0 N–H and O–H groups in total. The highest BCUT2D eigenvalue weighted by atomic mass is 35.5. The summed E-state index contributed by atoms with van der Waals surface area (Å²) in [4.78, 5) is 9.31. The number of aryl methyl sites for hydroxylation is 1. The Morgan fingerprint density at radius 1 is 1.06 bits per heavy atom. The van der Waals surface area contributed by atoms with Crippen molar-refractivity contribution in [2.75, 3.05) is 0 Å². The third kappa shape index (κ3) is 2.79. The molecule has 0 bridgehead atoms. The van der Waals surface area contributed by atoms with Crippen LogP contribution in [0.1, 0.15) is 69.0 Å². The van der Waals surface area contributed by atoms with Gasteiger partial charge < -0.3 is 0 Å². The van der Waals surface area contributed by atoms with Gasteiger partial charge in [-0.15, -0.1) is 0 Å². The molecule has 1 aliphatic carbocycles. The first-order valence-electron chi connectivity index (χ1n) is 6.81. The Balaban J connectivity index is 2.38. The quantitative estimate of drug-likeness (QED) is 0.592. The monoisotopic (exact) mass is 252 g/mol. The Bertz CT molecular complexity index is 386. The molecule has 3 heteroatoms. The number of nitrogens with zero attached hydrogens (tertiary/aromatic N) is 2. The minimum absolute atomic E-state index is 0.459. The molecule has 0 saturated carbocycles. The van der Waals surface area contributed by atoms with Gasteiger partial charge >= 0.3 is 0 Å². The van der Waals surface area contributed by atoms with Gasteiger partial charge in [-0.1, -0.05) is 31.9 Å². The highest BCUT2D eigenvalue weighted by molar-refractivity contribution is 6.30. The van der Waals surface area contributed by atoms with E-state index in [1.54, 1.807) is 0 Å². The van der Waals surface area contributed by atoms with Crippen LogP contribution in [0.4, 0.5) is 0 Å². The van der Waals surface area contributed by atoms with Crippen molar-refractivity contribution in [3.05, 3.63) is 22.2 Å². The average molecular weight is 253 g/mol. The Morgan fingerprint density at radius 2 is 1.76 bits per heavy atom. The number of hydrogen-bond acceptors (Lipinski definition) is 2. The first kappa shape index (κ1) is 12.8. The van der Waals surface area contributed by atoms with Gasteiger partial charge in [-0.3, -0.25) is 0 Å². The number of rotatable bonds is 3. The summed E-state index contributed by atoms with van der Waals surface area (Å²) in [6.07, 6.45) is 8.05. The molecule has 1 aromatic rings. The van der Waals surface area contributed by atoms with E-state index in [1.807, 2.05) is 0 Å². The van der Waals surface area contributed by atoms with E-state index in [-0.39, 0.29) is 0 Å². The zero-order chi connectivity index (χ0) is 12.3. The maximum absolute atomic E-state index is 6.33. The van der Waals surface area contributed by atoms with Crippen molar-refractivity contribution in [3.8, 4) is 0 Å². The summed E-state index contributed by atoms with van der Waals surface area (Å²) >= 11 is 6.33. The van der Waals surface area contributed by atoms with E-state index in [4.69, 9.17) is 16.6 Å². The second-order valence-corrected chi connectivity index (χ2v) is 5.23. The molecule has 0 radical (unpaired) electrons. The van der Waals surface area contributed by atoms with Crippen molar-refractivity contribution in [2.45, 2.75) is 64.7 Å². The van der Waals surface area contributed by atoms with Crippen LogP contribution in [0.15, 0.2) is 0 Å². The smallest absolute Gasteiger partial charge is 0.136 e. The Labute approximate surface area is 109 Å². The molecule has 0 spiro atoms. The van der Waals surface area contributed by atoms with E-state index in [0.717, 1.165) is 31.5 Å². The highest BCUT2D eigenvalue weighted by Crippen LogP contribution is 2.28. The van der Waals surface area contributed by atoms with E-state index in [1.165, 1.54) is 30.5 Å². The molecule has 17 heavy (non-hydrogen) atoms. The highest BCUT2D eigenvalue weighted by Gasteiger charge is 2.18. The third-order valence-electron chi connectivity index (χ3n) is 3.75. The lowest BCUT2D eigenvalue weighted by Crippen LogP contribution is -2.08. The minimum Gasteiger partial charge on any atom is -0.237 e. The fraction of sp³-hybridized carbons (Fsp3) is 0.714. The maximum atomic E-state index is 6.33. The summed E-state index contributed by atoms with van der Waals surface area (Å²) < 4.78 is 0. The van der Waals surface area contributed by atoms with Crippen LogP contribution in [-0.2, 0) is 12.8 Å². The first-order valence-corrected chi connectivity index (χ1v) is 7.19. The summed E-state index contributed by atoms with van der Waals surface area (Å²) in [7, 11) is 0. The molecule has 0 fully saturated rings. The van der Waals surface area contributed by atoms with Crippen LogP contribution in [0.2, 0.25) is 5.15 Å². The zero-order valence-electron chi connectivity index (χ0n) is 10.8. The lowest BCUT2D eigenvalue weighted by Gasteiger charge is -2.14. The molecule has 0 unspecified atom stereocenters. The lowest BCUT2D eigenvalue weighted by atomic mass is 10.0. The van der Waals surface area contributed by atoms with Crippen molar-refractivity contribution < 1.29 is 0 Å². The van der Waals surface area contributed by atoms with E-state index in [2.05, 4.69) is 18.8 Å². The van der Waals surface area contributed by atoms with Crippen molar-refractivity contribution in [3.63, 3.8) is 0 Å². The van der Waals surface area contributed by atoms with Gasteiger partial charge in [0.2, 0.25) is 0 Å². The second kappa shape index (κ2) is 5.81. The van der Waals surface area contributed by atoms with Crippen LogP contribution in [0.25, 0.3) is 0 Å². The van der Waals surface area contributed by atoms with Crippen molar-refractivity contribution in [1.29, 1.82) is 0 Å². The summed E-state index contributed by atoms with van der Waals surface area (Å²) in [6.45, 7) is 4.38. The number of hydrogen-bond donors (Lipinski definition) is 0.